The van der Waals surface area contributed by atoms with Crippen LogP contribution in [-0.2, 0) is 12.8 Å². The fraction of sp³-hybridized carbons (Fsp3) is 0.191. The van der Waals surface area contributed by atoms with E-state index >= 15 is 4.39 Å². The standard InChI is InChI=1S/C47H43FN4O3/c1-4-11-30-19-23-34(24-20-30)51-45(50-42-17-8-6-15-37(42)46(51)53)33-22-26-41(48)40(28-33)39-29-35(25-21-31(39)12-5-2)52-44(32-13-10-14-36(27-32)55-3)49-43-18-9-7-16-38(43)47(52)54/h6-10,13-29,44-45,49-50H,4-5,11-12H2,1-3H3. The molecule has 8 heteroatoms. The normalized spacial score (nSPS) is 16.2. The molecule has 0 saturated carbocycles. The van der Waals surface area contributed by atoms with Crippen molar-refractivity contribution in [1.82, 2.24) is 0 Å². The summed E-state index contributed by atoms with van der Waals surface area (Å²) < 4.78 is 21.9. The number of rotatable bonds is 10. The van der Waals surface area contributed by atoms with Gasteiger partial charge in [0.25, 0.3) is 11.8 Å². The van der Waals surface area contributed by atoms with Crippen LogP contribution in [0.2, 0.25) is 0 Å². The van der Waals surface area contributed by atoms with Crippen molar-refractivity contribution in [2.24, 2.45) is 0 Å². The molecule has 2 aliphatic rings. The van der Waals surface area contributed by atoms with Gasteiger partial charge in [-0.2, -0.15) is 0 Å². The van der Waals surface area contributed by atoms with Crippen molar-refractivity contribution in [3.8, 4) is 16.9 Å². The minimum Gasteiger partial charge on any atom is -0.497 e. The zero-order chi connectivity index (χ0) is 38.1. The summed E-state index contributed by atoms with van der Waals surface area (Å²) >= 11 is 0. The number of carbonyl (C=O) groups is 2. The number of fused-ring (bicyclic) bond motifs is 2. The van der Waals surface area contributed by atoms with Gasteiger partial charge in [0, 0.05) is 28.3 Å². The third kappa shape index (κ3) is 6.69. The zero-order valence-corrected chi connectivity index (χ0v) is 31.2. The Balaban J connectivity index is 1.25. The quantitative estimate of drug-likeness (QED) is 0.147. The van der Waals surface area contributed by atoms with E-state index in [2.05, 4.69) is 36.6 Å². The second kappa shape index (κ2) is 15.1. The van der Waals surface area contributed by atoms with Crippen molar-refractivity contribution < 1.29 is 18.7 Å². The highest BCUT2D eigenvalue weighted by Crippen LogP contribution is 2.42. The summed E-state index contributed by atoms with van der Waals surface area (Å²) in [4.78, 5) is 32.2. The van der Waals surface area contributed by atoms with Crippen molar-refractivity contribution in [3.63, 3.8) is 0 Å². The Kier molecular flexibility index (Phi) is 9.81. The SMILES string of the molecule is CCCc1ccc(N2C(=O)c3ccccc3NC2c2ccc(F)c(-c3cc(N4C(=O)c5ccccc5NC4c4cccc(OC)c4)ccc3CCC)c2)cc1. The number of hydrogen-bond acceptors (Lipinski definition) is 5. The maximum atomic E-state index is 16.4. The van der Waals surface area contributed by atoms with Gasteiger partial charge in [-0.05, 0) is 113 Å². The molecule has 0 saturated heterocycles. The van der Waals surface area contributed by atoms with Gasteiger partial charge in [-0.25, -0.2) is 4.39 Å². The van der Waals surface area contributed by atoms with E-state index < -0.39 is 18.1 Å². The second-order valence-corrected chi connectivity index (χ2v) is 14.1. The number of nitrogens with one attached hydrogen (secondary N) is 2. The molecule has 2 unspecified atom stereocenters. The highest BCUT2D eigenvalue weighted by atomic mass is 19.1. The highest BCUT2D eigenvalue weighted by Gasteiger charge is 2.36. The molecule has 7 nitrogen and oxygen atoms in total. The third-order valence-corrected chi connectivity index (χ3v) is 10.5. The van der Waals surface area contributed by atoms with Gasteiger partial charge in [-0.1, -0.05) is 87.4 Å². The van der Waals surface area contributed by atoms with Crippen LogP contribution < -0.4 is 25.2 Å². The average molecular weight is 731 g/mol. The maximum absolute atomic E-state index is 16.4. The Labute approximate surface area is 321 Å². The van der Waals surface area contributed by atoms with Crippen molar-refractivity contribution in [3.05, 3.63) is 173 Å². The lowest BCUT2D eigenvalue weighted by Gasteiger charge is -2.39. The molecule has 0 aliphatic carbocycles. The number of methoxy groups -OCH3 is 1. The lowest BCUT2D eigenvalue weighted by molar-refractivity contribution is 0.0967. The smallest absolute Gasteiger partial charge is 0.262 e. The predicted molar refractivity (Wildman–Crippen MR) is 218 cm³/mol. The first-order chi connectivity index (χ1) is 26.9. The van der Waals surface area contributed by atoms with Crippen LogP contribution in [0.3, 0.4) is 0 Å². The topological polar surface area (TPSA) is 73.9 Å². The van der Waals surface area contributed by atoms with E-state index in [-0.39, 0.29) is 11.8 Å². The Hall–Kier alpha value is -6.41. The fourth-order valence-electron chi connectivity index (χ4n) is 7.80. The summed E-state index contributed by atoms with van der Waals surface area (Å²) in [6, 6.07) is 41.6. The number of halogens is 1. The Bertz CT molecular complexity index is 2390. The van der Waals surface area contributed by atoms with Gasteiger partial charge in [0.1, 0.15) is 23.9 Å². The largest absolute Gasteiger partial charge is 0.497 e. The molecule has 276 valence electrons. The van der Waals surface area contributed by atoms with Gasteiger partial charge < -0.3 is 15.4 Å². The number of ether oxygens (including phenoxy) is 1. The third-order valence-electron chi connectivity index (χ3n) is 10.5. The molecule has 8 rings (SSSR count). The van der Waals surface area contributed by atoms with E-state index in [4.69, 9.17) is 4.74 Å². The first kappa shape index (κ1) is 35.6. The summed E-state index contributed by atoms with van der Waals surface area (Å²) in [6.07, 6.45) is 2.35. The van der Waals surface area contributed by atoms with Crippen LogP contribution in [0.15, 0.2) is 133 Å². The number of anilines is 4. The number of carbonyl (C=O) groups excluding carboxylic acids is 2. The number of benzene rings is 6. The van der Waals surface area contributed by atoms with Gasteiger partial charge in [0.05, 0.1) is 18.2 Å². The van der Waals surface area contributed by atoms with E-state index in [9.17, 15) is 9.59 Å². The first-order valence-corrected chi connectivity index (χ1v) is 18.9. The molecular formula is C47H43FN4O3. The second-order valence-electron chi connectivity index (χ2n) is 14.1. The zero-order valence-electron chi connectivity index (χ0n) is 31.2. The molecule has 2 heterocycles. The van der Waals surface area contributed by atoms with E-state index in [0.717, 1.165) is 53.0 Å². The van der Waals surface area contributed by atoms with Crippen molar-refractivity contribution in [1.29, 1.82) is 0 Å². The van der Waals surface area contributed by atoms with Crippen LogP contribution >= 0.6 is 0 Å². The van der Waals surface area contributed by atoms with Crippen LogP contribution in [0, 0.1) is 5.82 Å². The number of para-hydroxylation sites is 2. The molecule has 0 radical (unpaired) electrons. The fourth-order valence-corrected chi connectivity index (χ4v) is 7.80. The summed E-state index contributed by atoms with van der Waals surface area (Å²) in [5.41, 5.74) is 8.74. The van der Waals surface area contributed by atoms with Crippen LogP contribution in [0.25, 0.3) is 11.1 Å². The van der Waals surface area contributed by atoms with E-state index in [1.807, 2.05) is 109 Å². The molecular weight excluding hydrogens is 688 g/mol. The molecule has 0 aromatic heterocycles. The monoisotopic (exact) mass is 730 g/mol. The van der Waals surface area contributed by atoms with Crippen LogP contribution in [-0.4, -0.2) is 18.9 Å². The number of amides is 2. The molecule has 2 amide bonds. The number of nitrogens with zero attached hydrogens (tertiary/aromatic N) is 2. The molecule has 0 bridgehead atoms. The summed E-state index contributed by atoms with van der Waals surface area (Å²) in [5.74, 6) is -0.0299. The van der Waals surface area contributed by atoms with Crippen LogP contribution in [0.5, 0.6) is 5.75 Å². The molecule has 6 aromatic carbocycles. The minimum absolute atomic E-state index is 0.137. The average Bonchev–Trinajstić information content (AvgIpc) is 3.22. The van der Waals surface area contributed by atoms with E-state index in [0.29, 0.717) is 40.1 Å². The van der Waals surface area contributed by atoms with Gasteiger partial charge in [-0.3, -0.25) is 19.4 Å². The molecule has 6 aromatic rings. The lowest BCUT2D eigenvalue weighted by atomic mass is 9.92. The molecule has 55 heavy (non-hydrogen) atoms. The Morgan fingerprint density at radius 3 is 1.82 bits per heavy atom. The molecule has 0 spiro atoms. The molecule has 2 atom stereocenters. The summed E-state index contributed by atoms with van der Waals surface area (Å²) in [5, 5.41) is 7.17. The Morgan fingerprint density at radius 1 is 0.582 bits per heavy atom. The molecule has 2 N–H and O–H groups in total. The summed E-state index contributed by atoms with van der Waals surface area (Å²) in [6.45, 7) is 4.24. The lowest BCUT2D eigenvalue weighted by Crippen LogP contribution is -2.43. The van der Waals surface area contributed by atoms with Gasteiger partial charge in [0.15, 0.2) is 0 Å². The van der Waals surface area contributed by atoms with Crippen molar-refractivity contribution in [2.75, 3.05) is 27.5 Å². The van der Waals surface area contributed by atoms with Crippen molar-refractivity contribution in [2.45, 2.75) is 51.9 Å². The van der Waals surface area contributed by atoms with Gasteiger partial charge in [0.2, 0.25) is 0 Å². The highest BCUT2D eigenvalue weighted by molar-refractivity contribution is 6.13. The van der Waals surface area contributed by atoms with Gasteiger partial charge in [-0.15, -0.1) is 0 Å². The molecule has 0 fully saturated rings. The maximum Gasteiger partial charge on any atom is 0.262 e. The van der Waals surface area contributed by atoms with Crippen LogP contribution in [0.4, 0.5) is 27.1 Å². The number of hydrogen-bond donors (Lipinski definition) is 2. The predicted octanol–water partition coefficient (Wildman–Crippen LogP) is 10.9. The summed E-state index contributed by atoms with van der Waals surface area (Å²) in [7, 11) is 1.62. The van der Waals surface area contributed by atoms with Crippen molar-refractivity contribution >= 4 is 34.6 Å². The number of aryl methyl sites for hydroxylation is 2. The van der Waals surface area contributed by atoms with E-state index in [1.54, 1.807) is 23.0 Å². The van der Waals surface area contributed by atoms with E-state index in [1.165, 1.54) is 11.6 Å². The Morgan fingerprint density at radius 2 is 1.18 bits per heavy atom. The molecule has 2 aliphatic heterocycles. The minimum atomic E-state index is -0.613. The van der Waals surface area contributed by atoms with Gasteiger partial charge >= 0.3 is 0 Å². The van der Waals surface area contributed by atoms with Crippen LogP contribution in [0.1, 0.15) is 82.0 Å². The first-order valence-electron chi connectivity index (χ1n) is 18.9.